The van der Waals surface area contributed by atoms with E-state index in [9.17, 15) is 14.4 Å². The number of allylic oxidation sites excluding steroid dienone is 1. The SMILES string of the molecule is CC1=C(C(=O)Nc2ccc3[nH]ncc3c2)C(c2ccc(F)cc2)n2ncc(C#N)c2N1. The number of benzene rings is 2. The van der Waals surface area contributed by atoms with E-state index in [1.165, 1.54) is 18.3 Å². The molecule has 0 spiro atoms. The van der Waals surface area contributed by atoms with E-state index in [0.29, 0.717) is 33.9 Å². The molecule has 5 rings (SSSR count). The Kier molecular flexibility index (Phi) is 4.26. The molecule has 0 aliphatic carbocycles. The number of hydrogen-bond donors (Lipinski definition) is 3. The van der Waals surface area contributed by atoms with Crippen LogP contribution in [-0.4, -0.2) is 25.9 Å². The zero-order valence-electron chi connectivity index (χ0n) is 16.3. The normalized spacial score (nSPS) is 15.3. The van der Waals surface area contributed by atoms with Gasteiger partial charge in [-0.1, -0.05) is 12.1 Å². The van der Waals surface area contributed by atoms with E-state index in [-0.39, 0.29) is 11.7 Å². The molecule has 31 heavy (non-hydrogen) atoms. The van der Waals surface area contributed by atoms with Crippen molar-refractivity contribution in [2.24, 2.45) is 0 Å². The number of nitrogens with one attached hydrogen (secondary N) is 3. The first-order chi connectivity index (χ1) is 15.0. The minimum Gasteiger partial charge on any atom is -0.343 e. The van der Waals surface area contributed by atoms with E-state index in [4.69, 9.17) is 0 Å². The van der Waals surface area contributed by atoms with Crippen molar-refractivity contribution in [3.8, 4) is 6.07 Å². The van der Waals surface area contributed by atoms with Gasteiger partial charge in [-0.25, -0.2) is 9.07 Å². The quantitative estimate of drug-likeness (QED) is 0.474. The summed E-state index contributed by atoms with van der Waals surface area (Å²) in [7, 11) is 0. The second-order valence-electron chi connectivity index (χ2n) is 7.21. The largest absolute Gasteiger partial charge is 0.343 e. The monoisotopic (exact) mass is 413 g/mol. The van der Waals surface area contributed by atoms with Gasteiger partial charge in [-0.3, -0.25) is 9.89 Å². The van der Waals surface area contributed by atoms with Crippen molar-refractivity contribution >= 4 is 28.3 Å². The molecule has 0 bridgehead atoms. The fourth-order valence-corrected chi connectivity index (χ4v) is 3.80. The van der Waals surface area contributed by atoms with Crippen LogP contribution in [0.15, 0.2) is 66.1 Å². The van der Waals surface area contributed by atoms with Crippen LogP contribution in [0, 0.1) is 17.1 Å². The number of carbonyl (C=O) groups is 1. The van der Waals surface area contributed by atoms with E-state index < -0.39 is 6.04 Å². The fourth-order valence-electron chi connectivity index (χ4n) is 3.80. The van der Waals surface area contributed by atoms with Crippen LogP contribution in [-0.2, 0) is 4.79 Å². The summed E-state index contributed by atoms with van der Waals surface area (Å²) < 4.78 is 15.1. The molecule has 4 aromatic rings. The molecule has 2 aromatic heterocycles. The number of halogens is 1. The smallest absolute Gasteiger partial charge is 0.255 e. The topological polar surface area (TPSA) is 111 Å². The third kappa shape index (κ3) is 3.11. The zero-order chi connectivity index (χ0) is 21.5. The van der Waals surface area contributed by atoms with Gasteiger partial charge in [-0.05, 0) is 42.8 Å². The van der Waals surface area contributed by atoms with Gasteiger partial charge in [0.2, 0.25) is 0 Å². The van der Waals surface area contributed by atoms with Gasteiger partial charge >= 0.3 is 0 Å². The number of hydrogen-bond acceptors (Lipinski definition) is 5. The van der Waals surface area contributed by atoms with E-state index in [0.717, 1.165) is 10.9 Å². The van der Waals surface area contributed by atoms with Crippen LogP contribution in [0.5, 0.6) is 0 Å². The lowest BCUT2D eigenvalue weighted by molar-refractivity contribution is -0.113. The summed E-state index contributed by atoms with van der Waals surface area (Å²) in [4.78, 5) is 13.4. The molecule has 1 aliphatic rings. The van der Waals surface area contributed by atoms with Crippen molar-refractivity contribution in [1.29, 1.82) is 5.26 Å². The zero-order valence-corrected chi connectivity index (χ0v) is 16.3. The molecule has 9 heteroatoms. The van der Waals surface area contributed by atoms with Crippen molar-refractivity contribution in [2.45, 2.75) is 13.0 Å². The molecule has 1 atom stereocenters. The number of nitrogens with zero attached hydrogens (tertiary/aromatic N) is 4. The molecular weight excluding hydrogens is 397 g/mol. The average molecular weight is 413 g/mol. The number of rotatable bonds is 3. The van der Waals surface area contributed by atoms with Crippen molar-refractivity contribution in [3.05, 3.63) is 83.1 Å². The Morgan fingerprint density at radius 2 is 2.03 bits per heavy atom. The molecule has 8 nitrogen and oxygen atoms in total. The van der Waals surface area contributed by atoms with Gasteiger partial charge in [0.05, 0.1) is 23.5 Å². The average Bonchev–Trinajstić information content (AvgIpc) is 3.39. The lowest BCUT2D eigenvalue weighted by Crippen LogP contribution is -2.31. The molecule has 0 fully saturated rings. The molecule has 0 saturated carbocycles. The Morgan fingerprint density at radius 1 is 1.23 bits per heavy atom. The summed E-state index contributed by atoms with van der Waals surface area (Å²) in [6.07, 6.45) is 3.12. The molecule has 0 radical (unpaired) electrons. The second kappa shape index (κ2) is 7.11. The van der Waals surface area contributed by atoms with Crippen molar-refractivity contribution < 1.29 is 9.18 Å². The van der Waals surface area contributed by atoms with E-state index >= 15 is 0 Å². The molecular formula is C22H16FN7O. The third-order valence-corrected chi connectivity index (χ3v) is 5.27. The van der Waals surface area contributed by atoms with Gasteiger partial charge in [0.1, 0.15) is 29.3 Å². The molecule has 152 valence electrons. The van der Waals surface area contributed by atoms with Crippen LogP contribution in [0.2, 0.25) is 0 Å². The number of fused-ring (bicyclic) bond motifs is 2. The lowest BCUT2D eigenvalue weighted by atomic mass is 9.94. The maximum Gasteiger partial charge on any atom is 0.255 e. The second-order valence-corrected chi connectivity index (χ2v) is 7.21. The molecule has 3 N–H and O–H groups in total. The Morgan fingerprint density at radius 3 is 2.81 bits per heavy atom. The third-order valence-electron chi connectivity index (χ3n) is 5.27. The summed E-state index contributed by atoms with van der Waals surface area (Å²) >= 11 is 0. The Bertz CT molecular complexity index is 1390. The number of carbonyl (C=O) groups excluding carboxylic acids is 1. The summed E-state index contributed by atoms with van der Waals surface area (Å²) in [5.74, 6) is -0.219. The van der Waals surface area contributed by atoms with E-state index in [2.05, 4.69) is 32.0 Å². The van der Waals surface area contributed by atoms with Gasteiger partial charge in [0.25, 0.3) is 5.91 Å². The minimum absolute atomic E-state index is 0.332. The molecule has 1 aliphatic heterocycles. The number of anilines is 2. The highest BCUT2D eigenvalue weighted by atomic mass is 19.1. The summed E-state index contributed by atoms with van der Waals surface area (Å²) in [5, 5.41) is 27.5. The van der Waals surface area contributed by atoms with Crippen LogP contribution in [0.3, 0.4) is 0 Å². The maximum atomic E-state index is 13.6. The van der Waals surface area contributed by atoms with Gasteiger partial charge in [-0.15, -0.1) is 0 Å². The Balaban J connectivity index is 1.58. The summed E-state index contributed by atoms with van der Waals surface area (Å²) in [6.45, 7) is 1.77. The molecule has 0 saturated heterocycles. The Hall–Kier alpha value is -4.45. The predicted octanol–water partition coefficient (Wildman–Crippen LogP) is 3.70. The first-order valence-corrected chi connectivity index (χ1v) is 9.50. The van der Waals surface area contributed by atoms with Gasteiger partial charge in [-0.2, -0.15) is 15.5 Å². The highest BCUT2D eigenvalue weighted by Crippen LogP contribution is 2.37. The Labute approximate surface area is 176 Å². The van der Waals surface area contributed by atoms with Crippen LogP contribution < -0.4 is 10.6 Å². The van der Waals surface area contributed by atoms with Crippen molar-refractivity contribution in [1.82, 2.24) is 20.0 Å². The lowest BCUT2D eigenvalue weighted by Gasteiger charge is -2.30. The van der Waals surface area contributed by atoms with Crippen LogP contribution >= 0.6 is 0 Å². The van der Waals surface area contributed by atoms with Crippen LogP contribution in [0.4, 0.5) is 15.9 Å². The highest BCUT2D eigenvalue weighted by molar-refractivity contribution is 6.06. The first-order valence-electron chi connectivity index (χ1n) is 9.50. The van der Waals surface area contributed by atoms with Gasteiger partial charge < -0.3 is 10.6 Å². The number of aromatic nitrogens is 4. The standard InChI is InChI=1S/C22H16FN7O/c1-12-19(22(31)28-17-6-7-18-14(8-17)10-25-29-18)20(13-2-4-16(23)5-3-13)30-21(27-12)15(9-24)11-26-30/h2-8,10-11,20,27H,1H3,(H,25,29)(H,28,31). The molecule has 2 aromatic carbocycles. The van der Waals surface area contributed by atoms with Crippen molar-refractivity contribution in [3.63, 3.8) is 0 Å². The van der Waals surface area contributed by atoms with Crippen LogP contribution in [0.25, 0.3) is 10.9 Å². The number of nitriles is 1. The summed E-state index contributed by atoms with van der Waals surface area (Å²) in [5.41, 5.74) is 3.51. The van der Waals surface area contributed by atoms with E-state index in [1.807, 2.05) is 12.1 Å². The summed E-state index contributed by atoms with van der Waals surface area (Å²) in [6, 6.07) is 12.8. The molecule has 1 amide bonds. The fraction of sp³-hybridized carbons (Fsp3) is 0.0909. The highest BCUT2D eigenvalue weighted by Gasteiger charge is 2.34. The maximum absolute atomic E-state index is 13.6. The van der Waals surface area contributed by atoms with Crippen LogP contribution in [0.1, 0.15) is 24.1 Å². The molecule has 3 heterocycles. The predicted molar refractivity (Wildman–Crippen MR) is 113 cm³/mol. The minimum atomic E-state index is -0.628. The van der Waals surface area contributed by atoms with E-state index in [1.54, 1.807) is 36.0 Å². The van der Waals surface area contributed by atoms with Crippen molar-refractivity contribution in [2.75, 3.05) is 10.6 Å². The van der Waals surface area contributed by atoms with Gasteiger partial charge in [0, 0.05) is 16.8 Å². The van der Waals surface area contributed by atoms with Gasteiger partial charge in [0.15, 0.2) is 0 Å². The number of H-pyrrole nitrogens is 1. The number of amides is 1. The number of aromatic amines is 1. The first kappa shape index (κ1) is 18.6. The molecule has 1 unspecified atom stereocenters.